The Kier molecular flexibility index (Phi) is 6.13. The predicted molar refractivity (Wildman–Crippen MR) is 108 cm³/mol. The van der Waals surface area contributed by atoms with Gasteiger partial charge >= 0.3 is 0 Å². The van der Waals surface area contributed by atoms with Crippen LogP contribution in [0.1, 0.15) is 31.3 Å². The van der Waals surface area contributed by atoms with Crippen LogP contribution in [0.25, 0.3) is 17.5 Å². The molecule has 8 heteroatoms. The number of amides is 1. The molecule has 0 spiro atoms. The van der Waals surface area contributed by atoms with Crippen molar-refractivity contribution >= 4 is 17.7 Å². The maximum Gasteiger partial charge on any atom is 0.270 e. The molecule has 0 saturated carbocycles. The van der Waals surface area contributed by atoms with Crippen LogP contribution < -0.4 is 5.32 Å². The number of rotatable bonds is 7. The number of hydrogen-bond donors (Lipinski definition) is 1. The van der Waals surface area contributed by atoms with Crippen LogP contribution in [-0.4, -0.2) is 21.0 Å². The number of carbonyl (C=O) groups is 1. The van der Waals surface area contributed by atoms with E-state index in [1.807, 2.05) is 44.2 Å². The summed E-state index contributed by atoms with van der Waals surface area (Å²) in [6.07, 6.45) is 3.16. The molecule has 0 unspecified atom stereocenters. The number of non-ortho nitro benzene ring substituents is 1. The van der Waals surface area contributed by atoms with Gasteiger partial charge in [-0.3, -0.25) is 14.9 Å². The number of nitro groups is 1. The molecule has 0 aliphatic carbocycles. The van der Waals surface area contributed by atoms with Crippen molar-refractivity contribution in [2.75, 3.05) is 0 Å². The van der Waals surface area contributed by atoms with Gasteiger partial charge in [0.1, 0.15) is 6.04 Å². The SMILES string of the molecule is CC(C)[C@@H](NC(=O)/C=C/c1ccccc1)c1nc(-c2cccc([N+](=O)[O-])c2)no1. The molecular weight excluding hydrogens is 372 g/mol. The highest BCUT2D eigenvalue weighted by molar-refractivity contribution is 5.91. The number of benzene rings is 2. The molecule has 0 saturated heterocycles. The van der Waals surface area contributed by atoms with Crippen molar-refractivity contribution in [2.45, 2.75) is 19.9 Å². The minimum absolute atomic E-state index is 0.0116. The lowest BCUT2D eigenvalue weighted by molar-refractivity contribution is -0.384. The highest BCUT2D eigenvalue weighted by Crippen LogP contribution is 2.25. The van der Waals surface area contributed by atoms with Gasteiger partial charge in [-0.25, -0.2) is 0 Å². The van der Waals surface area contributed by atoms with Gasteiger partial charge in [-0.2, -0.15) is 4.98 Å². The Morgan fingerprint density at radius 1 is 1.17 bits per heavy atom. The Morgan fingerprint density at radius 2 is 1.93 bits per heavy atom. The molecule has 1 aromatic heterocycles. The van der Waals surface area contributed by atoms with Crippen molar-refractivity contribution in [2.24, 2.45) is 5.92 Å². The van der Waals surface area contributed by atoms with Gasteiger partial charge in [-0.05, 0) is 17.6 Å². The van der Waals surface area contributed by atoms with Gasteiger partial charge in [0.2, 0.25) is 17.6 Å². The van der Waals surface area contributed by atoms with Crippen molar-refractivity contribution in [1.29, 1.82) is 0 Å². The predicted octanol–water partition coefficient (Wildman–Crippen LogP) is 4.17. The fourth-order valence-corrected chi connectivity index (χ4v) is 2.69. The zero-order valence-electron chi connectivity index (χ0n) is 16.0. The lowest BCUT2D eigenvalue weighted by Gasteiger charge is -2.17. The Bertz CT molecular complexity index is 1030. The molecule has 1 heterocycles. The van der Waals surface area contributed by atoms with Crippen molar-refractivity contribution in [3.8, 4) is 11.4 Å². The molecule has 148 valence electrons. The average molecular weight is 392 g/mol. The van der Waals surface area contributed by atoms with Gasteiger partial charge in [0.15, 0.2) is 0 Å². The third kappa shape index (κ3) is 5.13. The van der Waals surface area contributed by atoms with Gasteiger partial charge in [0.05, 0.1) is 4.92 Å². The van der Waals surface area contributed by atoms with Crippen LogP contribution in [0.3, 0.4) is 0 Å². The summed E-state index contributed by atoms with van der Waals surface area (Å²) >= 11 is 0. The first-order chi connectivity index (χ1) is 13.9. The normalized spacial score (nSPS) is 12.2. The monoisotopic (exact) mass is 392 g/mol. The van der Waals surface area contributed by atoms with Crippen LogP contribution in [0.5, 0.6) is 0 Å². The molecule has 0 bridgehead atoms. The molecule has 1 amide bonds. The van der Waals surface area contributed by atoms with E-state index in [9.17, 15) is 14.9 Å². The van der Waals surface area contributed by atoms with Crippen molar-refractivity contribution < 1.29 is 14.2 Å². The van der Waals surface area contributed by atoms with Crippen molar-refractivity contribution in [3.63, 3.8) is 0 Å². The maximum atomic E-state index is 12.3. The first-order valence-corrected chi connectivity index (χ1v) is 9.06. The molecule has 1 N–H and O–H groups in total. The fraction of sp³-hybridized carbons (Fsp3) is 0.190. The second-order valence-electron chi connectivity index (χ2n) is 6.74. The van der Waals surface area contributed by atoms with E-state index >= 15 is 0 Å². The summed E-state index contributed by atoms with van der Waals surface area (Å²) in [4.78, 5) is 27.1. The lowest BCUT2D eigenvalue weighted by Crippen LogP contribution is -2.30. The number of hydrogen-bond acceptors (Lipinski definition) is 6. The first-order valence-electron chi connectivity index (χ1n) is 9.06. The number of aromatic nitrogens is 2. The molecule has 0 aliphatic heterocycles. The first kappa shape index (κ1) is 19.9. The zero-order valence-corrected chi connectivity index (χ0v) is 16.0. The van der Waals surface area contributed by atoms with Gasteiger partial charge in [0.25, 0.3) is 5.69 Å². The lowest BCUT2D eigenvalue weighted by atomic mass is 10.0. The second kappa shape index (κ2) is 8.92. The molecule has 3 rings (SSSR count). The van der Waals surface area contributed by atoms with Gasteiger partial charge in [0, 0.05) is 23.8 Å². The van der Waals surface area contributed by atoms with E-state index in [4.69, 9.17) is 4.52 Å². The van der Waals surface area contributed by atoms with Crippen LogP contribution in [0, 0.1) is 16.0 Å². The molecule has 1 atom stereocenters. The van der Waals surface area contributed by atoms with Gasteiger partial charge in [-0.15, -0.1) is 0 Å². The molecule has 29 heavy (non-hydrogen) atoms. The Hall–Kier alpha value is -3.81. The third-order valence-electron chi connectivity index (χ3n) is 4.21. The van der Waals surface area contributed by atoms with Gasteiger partial charge < -0.3 is 9.84 Å². The summed E-state index contributed by atoms with van der Waals surface area (Å²) in [6.45, 7) is 3.84. The summed E-state index contributed by atoms with van der Waals surface area (Å²) < 4.78 is 5.34. The number of nitrogens with zero attached hydrogens (tertiary/aromatic N) is 3. The smallest absolute Gasteiger partial charge is 0.270 e. The van der Waals surface area contributed by atoms with E-state index in [1.165, 1.54) is 18.2 Å². The Labute approximate surface area is 167 Å². The molecule has 2 aromatic carbocycles. The Balaban J connectivity index is 1.76. The van der Waals surface area contributed by atoms with Crippen LogP contribution in [0.4, 0.5) is 5.69 Å². The molecule has 0 fully saturated rings. The molecule has 0 radical (unpaired) electrons. The zero-order chi connectivity index (χ0) is 20.8. The van der Waals surface area contributed by atoms with Crippen molar-refractivity contribution in [1.82, 2.24) is 15.5 Å². The highest BCUT2D eigenvalue weighted by Gasteiger charge is 2.24. The number of nitro benzene ring substituents is 1. The fourth-order valence-electron chi connectivity index (χ4n) is 2.69. The largest absolute Gasteiger partial charge is 0.340 e. The van der Waals surface area contributed by atoms with Crippen LogP contribution in [0.15, 0.2) is 65.2 Å². The molecule has 8 nitrogen and oxygen atoms in total. The summed E-state index contributed by atoms with van der Waals surface area (Å²) in [5.41, 5.74) is 1.31. The molecular formula is C21H20N4O4. The molecule has 3 aromatic rings. The summed E-state index contributed by atoms with van der Waals surface area (Å²) in [7, 11) is 0. The van der Waals surface area contributed by atoms with E-state index in [0.717, 1.165) is 5.56 Å². The summed E-state index contributed by atoms with van der Waals surface area (Å²) in [6, 6.07) is 15.0. The summed E-state index contributed by atoms with van der Waals surface area (Å²) in [5.74, 6) is 0.163. The van der Waals surface area contributed by atoms with E-state index < -0.39 is 11.0 Å². The quantitative estimate of drug-likeness (QED) is 0.367. The number of carbonyl (C=O) groups excluding carboxylic acids is 1. The van der Waals surface area contributed by atoms with E-state index in [-0.39, 0.29) is 29.2 Å². The third-order valence-corrected chi connectivity index (χ3v) is 4.21. The van der Waals surface area contributed by atoms with Crippen LogP contribution in [-0.2, 0) is 4.79 Å². The minimum Gasteiger partial charge on any atom is -0.340 e. The van der Waals surface area contributed by atoms with Crippen LogP contribution in [0.2, 0.25) is 0 Å². The minimum atomic E-state index is -0.497. The van der Waals surface area contributed by atoms with E-state index in [2.05, 4.69) is 15.5 Å². The average Bonchev–Trinajstić information content (AvgIpc) is 3.21. The van der Waals surface area contributed by atoms with Gasteiger partial charge in [-0.1, -0.05) is 61.5 Å². The highest BCUT2D eigenvalue weighted by atomic mass is 16.6. The van der Waals surface area contributed by atoms with Crippen LogP contribution >= 0.6 is 0 Å². The second-order valence-corrected chi connectivity index (χ2v) is 6.74. The topological polar surface area (TPSA) is 111 Å². The number of nitrogens with one attached hydrogen (secondary N) is 1. The maximum absolute atomic E-state index is 12.3. The summed E-state index contributed by atoms with van der Waals surface area (Å²) in [5, 5.41) is 17.7. The standard InChI is InChI=1S/C21H20N4O4/c1-14(2)19(22-18(26)12-11-15-7-4-3-5-8-15)21-23-20(24-29-21)16-9-6-10-17(13-16)25(27)28/h3-14,19H,1-2H3,(H,22,26)/b12-11+/t19-/m1/s1. The molecule has 0 aliphatic rings. The van der Waals surface area contributed by atoms with Crippen molar-refractivity contribution in [3.05, 3.63) is 82.2 Å². The van der Waals surface area contributed by atoms with E-state index in [0.29, 0.717) is 5.56 Å². The van der Waals surface area contributed by atoms with E-state index in [1.54, 1.807) is 18.2 Å². The Morgan fingerprint density at radius 3 is 2.62 bits per heavy atom.